The van der Waals surface area contributed by atoms with Gasteiger partial charge in [0.15, 0.2) is 0 Å². The minimum absolute atomic E-state index is 0.0298. The van der Waals surface area contributed by atoms with Gasteiger partial charge in [0.2, 0.25) is 5.91 Å². The molecule has 0 saturated heterocycles. The van der Waals surface area contributed by atoms with Crippen LogP contribution >= 0.6 is 11.6 Å². The third-order valence-electron chi connectivity index (χ3n) is 3.39. The molecule has 1 heterocycles. The third-order valence-corrected chi connectivity index (χ3v) is 3.63. The van der Waals surface area contributed by atoms with E-state index in [4.69, 9.17) is 11.6 Å². The van der Waals surface area contributed by atoms with Gasteiger partial charge in [0.25, 0.3) is 0 Å². The van der Waals surface area contributed by atoms with Crippen molar-refractivity contribution < 1.29 is 4.79 Å². The van der Waals surface area contributed by atoms with Gasteiger partial charge in [-0.3, -0.25) is 9.69 Å². The van der Waals surface area contributed by atoms with Gasteiger partial charge >= 0.3 is 0 Å². The second kappa shape index (κ2) is 5.14. The first-order valence-electron chi connectivity index (χ1n) is 6.48. The molecule has 3 heteroatoms. The van der Waals surface area contributed by atoms with Crippen molar-refractivity contribution in [1.82, 2.24) is 0 Å². The maximum atomic E-state index is 12.5. The van der Waals surface area contributed by atoms with E-state index >= 15 is 0 Å². The topological polar surface area (TPSA) is 20.3 Å². The van der Waals surface area contributed by atoms with Crippen LogP contribution in [-0.4, -0.2) is 5.91 Å². The van der Waals surface area contributed by atoms with E-state index in [1.165, 1.54) is 0 Å². The lowest BCUT2D eigenvalue weighted by Gasteiger charge is -2.23. The van der Waals surface area contributed by atoms with E-state index in [2.05, 4.69) is 6.58 Å². The van der Waals surface area contributed by atoms with Gasteiger partial charge in [-0.2, -0.15) is 0 Å². The molecule has 2 aromatic carbocycles. The molecule has 0 atom stereocenters. The van der Waals surface area contributed by atoms with Crippen LogP contribution in [0.5, 0.6) is 0 Å². The molecule has 0 spiro atoms. The number of amides is 1. The highest BCUT2D eigenvalue weighted by Gasteiger charge is 2.25. The molecule has 0 fully saturated rings. The molecule has 2 aromatic rings. The molecule has 1 aliphatic heterocycles. The number of anilines is 2. The van der Waals surface area contributed by atoms with Gasteiger partial charge in [-0.05, 0) is 36.2 Å². The Balaban J connectivity index is 2.20. The fourth-order valence-corrected chi connectivity index (χ4v) is 2.68. The predicted molar refractivity (Wildman–Crippen MR) is 82.5 cm³/mol. The lowest BCUT2D eigenvalue weighted by Crippen LogP contribution is -2.25. The molecule has 2 nitrogen and oxygen atoms in total. The molecular formula is C17H14ClNO. The van der Waals surface area contributed by atoms with E-state index < -0.39 is 0 Å². The molecule has 0 N–H and O–H groups in total. The Morgan fingerprint density at radius 3 is 2.55 bits per heavy atom. The van der Waals surface area contributed by atoms with Gasteiger partial charge in [-0.1, -0.05) is 48.0 Å². The van der Waals surface area contributed by atoms with Crippen molar-refractivity contribution in [3.05, 3.63) is 71.3 Å². The zero-order valence-electron chi connectivity index (χ0n) is 11.0. The van der Waals surface area contributed by atoms with Crippen molar-refractivity contribution in [2.45, 2.75) is 12.8 Å². The van der Waals surface area contributed by atoms with Gasteiger partial charge in [0.05, 0.1) is 5.69 Å². The Morgan fingerprint density at radius 2 is 1.80 bits per heavy atom. The van der Waals surface area contributed by atoms with Gasteiger partial charge in [0.1, 0.15) is 0 Å². The molecule has 0 unspecified atom stereocenters. The molecule has 3 rings (SSSR count). The number of nitrogens with zero attached hydrogens (tertiary/aromatic N) is 1. The summed E-state index contributed by atoms with van der Waals surface area (Å²) >= 11 is 6.11. The van der Waals surface area contributed by atoms with Crippen LogP contribution in [-0.2, 0) is 11.2 Å². The molecular weight excluding hydrogens is 270 g/mol. The first-order valence-corrected chi connectivity index (χ1v) is 6.86. The number of para-hydroxylation sites is 1. The normalized spacial score (nSPS) is 14.9. The first-order chi connectivity index (χ1) is 9.65. The lowest BCUT2D eigenvalue weighted by atomic mass is 10.0. The van der Waals surface area contributed by atoms with Crippen molar-refractivity contribution in [3.8, 4) is 0 Å². The molecule has 20 heavy (non-hydrogen) atoms. The number of carbonyl (C=O) groups is 1. The van der Waals surface area contributed by atoms with Crippen molar-refractivity contribution in [1.29, 1.82) is 0 Å². The molecule has 0 aromatic heterocycles. The van der Waals surface area contributed by atoms with Gasteiger partial charge < -0.3 is 0 Å². The summed E-state index contributed by atoms with van der Waals surface area (Å²) in [4.78, 5) is 14.3. The van der Waals surface area contributed by atoms with E-state index in [0.29, 0.717) is 17.9 Å². The number of fused-ring (bicyclic) bond motifs is 1. The van der Waals surface area contributed by atoms with E-state index in [-0.39, 0.29) is 5.91 Å². The highest BCUT2D eigenvalue weighted by Crippen LogP contribution is 2.36. The number of carbonyl (C=O) groups excluding carboxylic acids is 1. The SMILES string of the molecule is C=C1CC(=O)N(c2ccccc2)c2cc(Cl)ccc2C1. The second-order valence-electron chi connectivity index (χ2n) is 4.94. The Kier molecular flexibility index (Phi) is 3.33. The summed E-state index contributed by atoms with van der Waals surface area (Å²) < 4.78 is 0. The standard InChI is InChI=1S/C17H14ClNO/c1-12-9-13-7-8-14(18)11-16(13)19(17(20)10-12)15-5-3-2-4-6-15/h2-8,11H,1,9-10H2. The van der Waals surface area contributed by atoms with Crippen LogP contribution in [0.2, 0.25) is 5.02 Å². The third kappa shape index (κ3) is 2.35. The lowest BCUT2D eigenvalue weighted by molar-refractivity contribution is -0.117. The maximum Gasteiger partial charge on any atom is 0.235 e. The molecule has 0 saturated carbocycles. The predicted octanol–water partition coefficient (Wildman–Crippen LogP) is 4.51. The fourth-order valence-electron chi connectivity index (χ4n) is 2.51. The van der Waals surface area contributed by atoms with Crippen LogP contribution in [0.15, 0.2) is 60.7 Å². The van der Waals surface area contributed by atoms with E-state index in [1.54, 1.807) is 4.90 Å². The maximum absolute atomic E-state index is 12.5. The average molecular weight is 284 g/mol. The molecule has 1 amide bonds. The molecule has 0 bridgehead atoms. The van der Waals surface area contributed by atoms with Gasteiger partial charge in [-0.25, -0.2) is 0 Å². The fraction of sp³-hybridized carbons (Fsp3) is 0.118. The quantitative estimate of drug-likeness (QED) is 0.705. The van der Waals surface area contributed by atoms with Crippen LogP contribution in [0.1, 0.15) is 12.0 Å². The van der Waals surface area contributed by atoms with Crippen LogP contribution < -0.4 is 4.90 Å². The zero-order chi connectivity index (χ0) is 14.1. The van der Waals surface area contributed by atoms with Crippen LogP contribution in [0, 0.1) is 0 Å². The van der Waals surface area contributed by atoms with Crippen molar-refractivity contribution in [3.63, 3.8) is 0 Å². The first kappa shape index (κ1) is 12.9. The number of hydrogen-bond donors (Lipinski definition) is 0. The molecule has 1 aliphatic rings. The van der Waals surface area contributed by atoms with Crippen LogP contribution in [0.25, 0.3) is 0 Å². The minimum atomic E-state index is 0.0298. The summed E-state index contributed by atoms with van der Waals surface area (Å²) in [5.74, 6) is 0.0298. The van der Waals surface area contributed by atoms with E-state index in [9.17, 15) is 4.79 Å². The minimum Gasteiger partial charge on any atom is -0.280 e. The number of benzene rings is 2. The highest BCUT2D eigenvalue weighted by molar-refractivity contribution is 6.31. The summed E-state index contributed by atoms with van der Waals surface area (Å²) in [6.07, 6.45) is 1.07. The summed E-state index contributed by atoms with van der Waals surface area (Å²) in [6, 6.07) is 15.3. The highest BCUT2D eigenvalue weighted by atomic mass is 35.5. The van der Waals surface area contributed by atoms with Crippen molar-refractivity contribution in [2.75, 3.05) is 4.90 Å². The number of hydrogen-bond acceptors (Lipinski definition) is 1. The van der Waals surface area contributed by atoms with Crippen LogP contribution in [0.3, 0.4) is 0 Å². The molecule has 100 valence electrons. The zero-order valence-corrected chi connectivity index (χ0v) is 11.7. The average Bonchev–Trinajstić information content (AvgIpc) is 2.54. The number of rotatable bonds is 1. The Bertz CT molecular complexity index is 679. The van der Waals surface area contributed by atoms with Crippen molar-refractivity contribution in [2.24, 2.45) is 0 Å². The summed E-state index contributed by atoms with van der Waals surface area (Å²) in [7, 11) is 0. The second-order valence-corrected chi connectivity index (χ2v) is 5.38. The Labute approximate surface area is 123 Å². The van der Waals surface area contributed by atoms with Crippen LogP contribution in [0.4, 0.5) is 11.4 Å². The van der Waals surface area contributed by atoms with E-state index in [1.807, 2.05) is 48.5 Å². The van der Waals surface area contributed by atoms with Crippen molar-refractivity contribution >= 4 is 28.9 Å². The summed E-state index contributed by atoms with van der Waals surface area (Å²) in [5, 5.41) is 0.630. The van der Waals surface area contributed by atoms with Gasteiger partial charge in [0, 0.05) is 17.1 Å². The van der Waals surface area contributed by atoms with E-state index in [0.717, 1.165) is 22.5 Å². The smallest absolute Gasteiger partial charge is 0.235 e. The summed E-state index contributed by atoms with van der Waals surface area (Å²) in [6.45, 7) is 3.99. The monoisotopic (exact) mass is 283 g/mol. The Hall–Kier alpha value is -2.06. The molecule has 0 radical (unpaired) electrons. The Morgan fingerprint density at radius 1 is 1.05 bits per heavy atom. The molecule has 0 aliphatic carbocycles. The van der Waals surface area contributed by atoms with Gasteiger partial charge in [-0.15, -0.1) is 0 Å². The summed E-state index contributed by atoms with van der Waals surface area (Å²) in [5.41, 5.74) is 3.72. The number of halogens is 1. The largest absolute Gasteiger partial charge is 0.280 e.